The van der Waals surface area contributed by atoms with E-state index in [2.05, 4.69) is 36.1 Å². The lowest BCUT2D eigenvalue weighted by Gasteiger charge is -2.20. The van der Waals surface area contributed by atoms with Crippen LogP contribution < -0.4 is 5.73 Å². The fourth-order valence-electron chi connectivity index (χ4n) is 2.18. The fraction of sp³-hybridized carbons (Fsp3) is 0.462. The van der Waals surface area contributed by atoms with E-state index in [1.165, 1.54) is 11.1 Å². The second-order valence-electron chi connectivity index (χ2n) is 4.91. The number of aliphatic carboxylic acids is 1. The van der Waals surface area contributed by atoms with Gasteiger partial charge in [-0.1, -0.05) is 29.8 Å². The zero-order valence-electron chi connectivity index (χ0n) is 10.0. The average Bonchev–Trinajstić information content (AvgIpc) is 2.65. The van der Waals surface area contributed by atoms with Crippen molar-refractivity contribution >= 4 is 5.97 Å². The Morgan fingerprint density at radius 3 is 2.65 bits per heavy atom. The second-order valence-corrected chi connectivity index (χ2v) is 4.91. The van der Waals surface area contributed by atoms with Gasteiger partial charge < -0.3 is 10.8 Å². The Morgan fingerprint density at radius 2 is 2.12 bits per heavy atom. The highest BCUT2D eigenvalue weighted by atomic mass is 16.4. The molecule has 1 aromatic carbocycles. The number of nitrogens with two attached hydrogens (primary N) is 1. The number of likely N-dealkylation sites (tertiary alicyclic amines) is 1. The lowest BCUT2D eigenvalue weighted by molar-refractivity contribution is -0.142. The van der Waals surface area contributed by atoms with Crippen molar-refractivity contribution in [2.24, 2.45) is 5.73 Å². The Kier molecular flexibility index (Phi) is 3.17. The number of aryl methyl sites for hydroxylation is 1. The molecule has 1 fully saturated rings. The third kappa shape index (κ3) is 2.65. The maximum atomic E-state index is 11.0. The maximum absolute atomic E-state index is 11.0. The molecule has 0 radical (unpaired) electrons. The number of benzene rings is 1. The molecule has 1 saturated heterocycles. The van der Waals surface area contributed by atoms with Crippen LogP contribution in [0.2, 0.25) is 0 Å². The SMILES string of the molecule is Cc1ccc(CN2CCC(N)(C(=O)O)C2)cc1. The minimum Gasteiger partial charge on any atom is -0.480 e. The molecule has 0 aliphatic carbocycles. The number of carboxylic acids is 1. The van der Waals surface area contributed by atoms with Crippen molar-refractivity contribution in [3.63, 3.8) is 0 Å². The normalized spacial score (nSPS) is 25.1. The molecule has 0 spiro atoms. The predicted octanol–water partition coefficient (Wildman–Crippen LogP) is 0.983. The largest absolute Gasteiger partial charge is 0.480 e. The Bertz CT molecular complexity index is 416. The van der Waals surface area contributed by atoms with E-state index >= 15 is 0 Å². The van der Waals surface area contributed by atoms with Gasteiger partial charge in [0.25, 0.3) is 0 Å². The van der Waals surface area contributed by atoms with Crippen molar-refractivity contribution in [1.82, 2.24) is 4.90 Å². The quantitative estimate of drug-likeness (QED) is 0.818. The summed E-state index contributed by atoms with van der Waals surface area (Å²) in [4.78, 5) is 13.1. The number of carboxylic acid groups (broad SMARTS) is 1. The molecule has 1 aliphatic heterocycles. The molecule has 92 valence electrons. The highest BCUT2D eigenvalue weighted by Crippen LogP contribution is 2.21. The van der Waals surface area contributed by atoms with Gasteiger partial charge in [-0.3, -0.25) is 9.69 Å². The van der Waals surface area contributed by atoms with Gasteiger partial charge >= 0.3 is 5.97 Å². The maximum Gasteiger partial charge on any atom is 0.325 e. The van der Waals surface area contributed by atoms with Crippen LogP contribution in [0.4, 0.5) is 0 Å². The Balaban J connectivity index is 1.98. The number of carbonyl (C=O) groups is 1. The molecule has 1 unspecified atom stereocenters. The van der Waals surface area contributed by atoms with E-state index in [0.29, 0.717) is 13.0 Å². The van der Waals surface area contributed by atoms with Crippen molar-refractivity contribution < 1.29 is 9.90 Å². The van der Waals surface area contributed by atoms with Crippen LogP contribution in [0.1, 0.15) is 17.5 Å². The van der Waals surface area contributed by atoms with Crippen LogP contribution >= 0.6 is 0 Å². The minimum absolute atomic E-state index is 0.427. The van der Waals surface area contributed by atoms with Gasteiger partial charge in [-0.05, 0) is 18.9 Å². The standard InChI is InChI=1S/C13H18N2O2/c1-10-2-4-11(5-3-10)8-15-7-6-13(14,9-15)12(16)17/h2-5H,6-9,14H2,1H3,(H,16,17). The summed E-state index contributed by atoms with van der Waals surface area (Å²) in [5, 5.41) is 9.04. The molecule has 17 heavy (non-hydrogen) atoms. The second kappa shape index (κ2) is 4.47. The van der Waals surface area contributed by atoms with E-state index in [1.807, 2.05) is 0 Å². The van der Waals surface area contributed by atoms with Crippen LogP contribution in [0.3, 0.4) is 0 Å². The van der Waals surface area contributed by atoms with Crippen molar-refractivity contribution in [2.75, 3.05) is 13.1 Å². The van der Waals surface area contributed by atoms with Gasteiger partial charge in [-0.2, -0.15) is 0 Å². The number of hydrogen-bond acceptors (Lipinski definition) is 3. The van der Waals surface area contributed by atoms with Crippen LogP contribution in [0, 0.1) is 6.92 Å². The first-order chi connectivity index (χ1) is 7.99. The van der Waals surface area contributed by atoms with E-state index < -0.39 is 11.5 Å². The van der Waals surface area contributed by atoms with Crippen molar-refractivity contribution in [3.8, 4) is 0 Å². The Hall–Kier alpha value is -1.39. The van der Waals surface area contributed by atoms with Gasteiger partial charge in [0, 0.05) is 19.6 Å². The molecule has 3 N–H and O–H groups in total. The third-order valence-corrected chi connectivity index (χ3v) is 3.33. The zero-order valence-corrected chi connectivity index (χ0v) is 10.0. The van der Waals surface area contributed by atoms with Crippen LogP contribution in [-0.4, -0.2) is 34.6 Å². The van der Waals surface area contributed by atoms with Gasteiger partial charge in [0.1, 0.15) is 5.54 Å². The lowest BCUT2D eigenvalue weighted by Crippen LogP contribution is -2.50. The zero-order chi connectivity index (χ0) is 12.5. The van der Waals surface area contributed by atoms with Crippen LogP contribution in [-0.2, 0) is 11.3 Å². The van der Waals surface area contributed by atoms with Gasteiger partial charge in [0.2, 0.25) is 0 Å². The summed E-state index contributed by atoms with van der Waals surface area (Å²) in [6, 6.07) is 8.29. The summed E-state index contributed by atoms with van der Waals surface area (Å²) in [5.41, 5.74) is 7.19. The summed E-state index contributed by atoms with van der Waals surface area (Å²) < 4.78 is 0. The van der Waals surface area contributed by atoms with Gasteiger partial charge in [-0.15, -0.1) is 0 Å². The fourth-order valence-corrected chi connectivity index (χ4v) is 2.18. The van der Waals surface area contributed by atoms with Crippen molar-refractivity contribution in [1.29, 1.82) is 0 Å². The molecule has 1 aromatic rings. The summed E-state index contributed by atoms with van der Waals surface area (Å²) in [5.74, 6) is -0.899. The summed E-state index contributed by atoms with van der Waals surface area (Å²) in [6.07, 6.45) is 0.522. The molecule has 4 heteroatoms. The minimum atomic E-state index is -1.06. The molecule has 1 aliphatic rings. The molecular weight excluding hydrogens is 216 g/mol. The van der Waals surface area contributed by atoms with Gasteiger partial charge in [0.05, 0.1) is 0 Å². The van der Waals surface area contributed by atoms with Crippen LogP contribution in [0.15, 0.2) is 24.3 Å². The average molecular weight is 234 g/mol. The number of nitrogens with zero attached hydrogens (tertiary/aromatic N) is 1. The Labute approximate surface area is 101 Å². The first-order valence-electron chi connectivity index (χ1n) is 5.80. The smallest absolute Gasteiger partial charge is 0.325 e. The van der Waals surface area contributed by atoms with E-state index in [0.717, 1.165) is 13.1 Å². The molecule has 0 aromatic heterocycles. The number of hydrogen-bond donors (Lipinski definition) is 2. The van der Waals surface area contributed by atoms with Crippen molar-refractivity contribution in [2.45, 2.75) is 25.4 Å². The van der Waals surface area contributed by atoms with Gasteiger partial charge in [0.15, 0.2) is 0 Å². The Morgan fingerprint density at radius 1 is 1.47 bits per heavy atom. The van der Waals surface area contributed by atoms with E-state index in [-0.39, 0.29) is 0 Å². The lowest BCUT2D eigenvalue weighted by atomic mass is 10.0. The molecule has 1 atom stereocenters. The van der Waals surface area contributed by atoms with E-state index in [1.54, 1.807) is 0 Å². The monoisotopic (exact) mass is 234 g/mol. The number of rotatable bonds is 3. The summed E-state index contributed by atoms with van der Waals surface area (Å²) in [7, 11) is 0. The topological polar surface area (TPSA) is 66.6 Å². The molecule has 0 bridgehead atoms. The first-order valence-corrected chi connectivity index (χ1v) is 5.80. The third-order valence-electron chi connectivity index (χ3n) is 3.33. The molecule has 4 nitrogen and oxygen atoms in total. The summed E-state index contributed by atoms with van der Waals surface area (Å²) >= 11 is 0. The van der Waals surface area contributed by atoms with E-state index in [4.69, 9.17) is 10.8 Å². The molecule has 0 amide bonds. The van der Waals surface area contributed by atoms with Crippen molar-refractivity contribution in [3.05, 3.63) is 35.4 Å². The molecule has 0 saturated carbocycles. The highest BCUT2D eigenvalue weighted by Gasteiger charge is 2.40. The van der Waals surface area contributed by atoms with E-state index in [9.17, 15) is 4.79 Å². The molecule has 1 heterocycles. The van der Waals surface area contributed by atoms with Crippen LogP contribution in [0.25, 0.3) is 0 Å². The first kappa shape index (κ1) is 12.1. The van der Waals surface area contributed by atoms with Crippen LogP contribution in [0.5, 0.6) is 0 Å². The predicted molar refractivity (Wildman–Crippen MR) is 65.6 cm³/mol. The molecule has 2 rings (SSSR count). The highest BCUT2D eigenvalue weighted by molar-refractivity contribution is 5.79. The molecular formula is C13H18N2O2. The summed E-state index contributed by atoms with van der Waals surface area (Å²) in [6.45, 7) is 3.99. The van der Waals surface area contributed by atoms with Gasteiger partial charge in [-0.25, -0.2) is 0 Å².